The molecule has 0 saturated carbocycles. The third-order valence-corrected chi connectivity index (χ3v) is 6.44. The molecule has 6 nitrogen and oxygen atoms in total. The number of allylic oxidation sites excluding steroid dienone is 2. The van der Waals surface area contributed by atoms with E-state index in [0.29, 0.717) is 16.7 Å². The summed E-state index contributed by atoms with van der Waals surface area (Å²) in [6.45, 7) is 1.58. The Morgan fingerprint density at radius 1 is 0.897 bits per heavy atom. The van der Waals surface area contributed by atoms with Gasteiger partial charge in [-0.2, -0.15) is 8.78 Å². The lowest BCUT2D eigenvalue weighted by atomic mass is 9.87. The molecule has 6 rings (SSSR count). The maximum atomic E-state index is 15.3. The number of fused-ring (bicyclic) bond motifs is 4. The Bertz CT molecular complexity index is 1670. The molecule has 0 bridgehead atoms. The van der Waals surface area contributed by atoms with Crippen LogP contribution in [0, 0.1) is 5.92 Å². The normalized spacial score (nSPS) is 16.9. The molecule has 0 N–H and O–H groups in total. The van der Waals surface area contributed by atoms with Gasteiger partial charge < -0.3 is 9.47 Å². The maximum absolute atomic E-state index is 15.3. The molecule has 1 aliphatic heterocycles. The van der Waals surface area contributed by atoms with Gasteiger partial charge >= 0.3 is 12.5 Å². The number of aliphatic imine (C=N–C) groups is 1. The second kappa shape index (κ2) is 9.12. The molecule has 2 aliphatic rings. The van der Waals surface area contributed by atoms with E-state index < -0.39 is 24.0 Å². The van der Waals surface area contributed by atoms with Crippen molar-refractivity contribution in [3.8, 4) is 16.9 Å². The Labute approximate surface area is 218 Å². The quantitative estimate of drug-likeness (QED) is 0.246. The summed E-state index contributed by atoms with van der Waals surface area (Å²) in [7, 11) is 0. The van der Waals surface area contributed by atoms with Gasteiger partial charge in [-0.15, -0.1) is 23.4 Å². The molecule has 0 radical (unpaired) electrons. The Morgan fingerprint density at radius 2 is 1.64 bits per heavy atom. The highest BCUT2D eigenvalue weighted by Gasteiger charge is 2.39. The van der Waals surface area contributed by atoms with Gasteiger partial charge in [-0.1, -0.05) is 43.3 Å². The zero-order valence-electron chi connectivity index (χ0n) is 20.3. The summed E-state index contributed by atoms with van der Waals surface area (Å²) in [6.07, 6.45) is -3.57. The standard InChI is InChI=1S/C28H19F5N4O2/c1-16-12-17(13-22-21-4-2-3-5-23(21)34-25(16)22)15-38-27(29,30)26-36-35-24-11-8-19(14-37(24)26)18-6-9-20(10-7-18)39-28(31,32)33/h2-14,16H,15H2,1H3. The number of alkyl halides is 5. The minimum atomic E-state index is -4.82. The highest BCUT2D eigenvalue weighted by molar-refractivity contribution is 6.31. The van der Waals surface area contributed by atoms with Gasteiger partial charge in [0.2, 0.25) is 5.82 Å². The van der Waals surface area contributed by atoms with E-state index in [1.165, 1.54) is 24.4 Å². The van der Waals surface area contributed by atoms with Crippen LogP contribution in [0.25, 0.3) is 22.3 Å². The molecule has 2 aromatic carbocycles. The van der Waals surface area contributed by atoms with E-state index in [1.807, 2.05) is 43.3 Å². The fourth-order valence-corrected chi connectivity index (χ4v) is 4.70. The third-order valence-electron chi connectivity index (χ3n) is 6.44. The van der Waals surface area contributed by atoms with E-state index in [4.69, 9.17) is 4.74 Å². The van der Waals surface area contributed by atoms with Crippen LogP contribution in [0.5, 0.6) is 5.75 Å². The second-order valence-corrected chi connectivity index (χ2v) is 9.15. The number of hydrogen-bond acceptors (Lipinski definition) is 5. The Kier molecular flexibility index (Phi) is 5.83. The van der Waals surface area contributed by atoms with E-state index in [2.05, 4.69) is 19.9 Å². The van der Waals surface area contributed by atoms with E-state index in [0.717, 1.165) is 39.1 Å². The number of aromatic nitrogens is 3. The van der Waals surface area contributed by atoms with Crippen LogP contribution in [0.15, 0.2) is 89.6 Å². The van der Waals surface area contributed by atoms with Crippen molar-refractivity contribution in [3.63, 3.8) is 0 Å². The zero-order valence-corrected chi connectivity index (χ0v) is 20.3. The number of nitrogens with zero attached hydrogens (tertiary/aromatic N) is 4. The summed E-state index contributed by atoms with van der Waals surface area (Å²) in [5, 5.41) is 7.47. The molecule has 3 heterocycles. The average molecular weight is 538 g/mol. The molecule has 1 unspecified atom stereocenters. The van der Waals surface area contributed by atoms with Crippen molar-refractivity contribution in [1.29, 1.82) is 0 Å². The summed E-state index contributed by atoms with van der Waals surface area (Å²) in [5.74, 6) is -1.19. The number of ether oxygens (including phenoxy) is 2. The lowest BCUT2D eigenvalue weighted by molar-refractivity contribution is -0.274. The molecule has 0 spiro atoms. The van der Waals surface area contributed by atoms with Crippen LogP contribution in [-0.4, -0.2) is 33.3 Å². The Balaban J connectivity index is 1.23. The third kappa shape index (κ3) is 4.81. The van der Waals surface area contributed by atoms with Crippen molar-refractivity contribution in [2.75, 3.05) is 6.61 Å². The van der Waals surface area contributed by atoms with Crippen molar-refractivity contribution >= 4 is 22.6 Å². The van der Waals surface area contributed by atoms with Crippen molar-refractivity contribution in [1.82, 2.24) is 14.6 Å². The summed E-state index contributed by atoms with van der Waals surface area (Å²) >= 11 is 0. The van der Waals surface area contributed by atoms with Crippen LogP contribution in [-0.2, 0) is 10.8 Å². The van der Waals surface area contributed by atoms with E-state index in [-0.39, 0.29) is 18.2 Å². The van der Waals surface area contributed by atoms with Gasteiger partial charge in [0.1, 0.15) is 5.75 Å². The predicted octanol–water partition coefficient (Wildman–Crippen LogP) is 7.11. The number of pyridine rings is 1. The van der Waals surface area contributed by atoms with Gasteiger partial charge in [0.25, 0.3) is 0 Å². The first kappa shape index (κ1) is 24.9. The molecule has 1 atom stereocenters. The summed E-state index contributed by atoms with van der Waals surface area (Å²) in [5.41, 5.74) is 5.27. The average Bonchev–Trinajstić information content (AvgIpc) is 3.49. The lowest BCUT2D eigenvalue weighted by Crippen LogP contribution is -2.24. The largest absolute Gasteiger partial charge is 0.573 e. The van der Waals surface area contributed by atoms with Gasteiger partial charge in [0.15, 0.2) is 5.65 Å². The minimum Gasteiger partial charge on any atom is -0.406 e. The van der Waals surface area contributed by atoms with Crippen LogP contribution >= 0.6 is 0 Å². The smallest absolute Gasteiger partial charge is 0.406 e. The van der Waals surface area contributed by atoms with Gasteiger partial charge in [0.05, 0.1) is 18.0 Å². The van der Waals surface area contributed by atoms with Gasteiger partial charge in [0, 0.05) is 23.3 Å². The molecular formula is C28H19F5N4O2. The number of rotatable bonds is 6. The van der Waals surface area contributed by atoms with E-state index >= 15 is 8.78 Å². The van der Waals surface area contributed by atoms with Crippen LogP contribution in [0.2, 0.25) is 0 Å². The van der Waals surface area contributed by atoms with Crippen LogP contribution < -0.4 is 4.74 Å². The monoisotopic (exact) mass is 538 g/mol. The first-order valence-electron chi connectivity index (χ1n) is 11.9. The molecule has 198 valence electrons. The Hall–Kier alpha value is -4.38. The van der Waals surface area contributed by atoms with Crippen molar-refractivity contribution in [2.24, 2.45) is 10.9 Å². The van der Waals surface area contributed by atoms with E-state index in [9.17, 15) is 13.2 Å². The number of halogens is 5. The molecule has 11 heteroatoms. The number of hydrogen-bond donors (Lipinski definition) is 0. The van der Waals surface area contributed by atoms with Crippen molar-refractivity contribution in [3.05, 3.63) is 96.0 Å². The van der Waals surface area contributed by atoms with Gasteiger partial charge in [-0.25, -0.2) is 0 Å². The fourth-order valence-electron chi connectivity index (χ4n) is 4.70. The number of benzene rings is 2. The van der Waals surface area contributed by atoms with Gasteiger partial charge in [-0.3, -0.25) is 9.39 Å². The SMILES string of the molecule is CC1C=C(COC(F)(F)c2nnc3ccc(-c4ccc(OC(F)(F)F)cc4)cn23)C=C2C1=Nc1ccccc12. The fraction of sp³-hybridized carbons (Fsp3) is 0.179. The van der Waals surface area contributed by atoms with Crippen molar-refractivity contribution < 1.29 is 31.4 Å². The molecule has 39 heavy (non-hydrogen) atoms. The summed E-state index contributed by atoms with van der Waals surface area (Å²) in [4.78, 5) is 4.66. The maximum Gasteiger partial charge on any atom is 0.573 e. The molecule has 2 aromatic heterocycles. The zero-order chi connectivity index (χ0) is 27.4. The predicted molar refractivity (Wildman–Crippen MR) is 134 cm³/mol. The number of para-hydroxylation sites is 1. The first-order valence-corrected chi connectivity index (χ1v) is 11.9. The summed E-state index contributed by atoms with van der Waals surface area (Å²) < 4.78 is 78.0. The van der Waals surface area contributed by atoms with Gasteiger partial charge in [-0.05, 0) is 53.1 Å². The highest BCUT2D eigenvalue weighted by atomic mass is 19.4. The summed E-state index contributed by atoms with van der Waals surface area (Å²) in [6, 6.07) is 15.8. The van der Waals surface area contributed by atoms with Crippen molar-refractivity contribution in [2.45, 2.75) is 19.4 Å². The minimum absolute atomic E-state index is 0.0750. The van der Waals surface area contributed by atoms with Crippen LogP contribution in [0.3, 0.4) is 0 Å². The molecule has 0 fully saturated rings. The molecule has 0 saturated heterocycles. The molecule has 1 aliphatic carbocycles. The van der Waals surface area contributed by atoms with E-state index in [1.54, 1.807) is 6.07 Å². The molecule has 4 aromatic rings. The lowest BCUT2D eigenvalue weighted by Gasteiger charge is -2.20. The highest BCUT2D eigenvalue weighted by Crippen LogP contribution is 2.40. The topological polar surface area (TPSA) is 61.0 Å². The second-order valence-electron chi connectivity index (χ2n) is 9.15. The Morgan fingerprint density at radius 3 is 2.41 bits per heavy atom. The van der Waals surface area contributed by atoms with Crippen LogP contribution in [0.4, 0.5) is 27.6 Å². The first-order chi connectivity index (χ1) is 18.6. The van der Waals surface area contributed by atoms with Crippen LogP contribution in [0.1, 0.15) is 18.3 Å². The molecular weight excluding hydrogens is 519 g/mol. The molecule has 0 amide bonds.